The molecule has 0 spiro atoms. The lowest BCUT2D eigenvalue weighted by Gasteiger charge is -2.11. The number of ether oxygens (including phenoxy) is 1. The fraction of sp³-hybridized carbons (Fsp3) is 0.176. The molecule has 114 valence electrons. The fourth-order valence-corrected chi connectivity index (χ4v) is 1.96. The average Bonchev–Trinajstić information content (AvgIpc) is 2.49. The zero-order valence-electron chi connectivity index (χ0n) is 12.6. The number of hydrogen-bond acceptors (Lipinski definition) is 3. The van der Waals surface area contributed by atoms with Crippen LogP contribution in [-0.4, -0.2) is 17.4 Å². The van der Waals surface area contributed by atoms with Gasteiger partial charge in [-0.05, 0) is 50.3 Å². The SMILES string of the molecule is CC(C)Oc1ccccc1/C=N/NC(=S)Nc1ccccc1. The van der Waals surface area contributed by atoms with Gasteiger partial charge < -0.3 is 10.1 Å². The van der Waals surface area contributed by atoms with Gasteiger partial charge in [0.2, 0.25) is 0 Å². The normalized spacial score (nSPS) is 10.7. The van der Waals surface area contributed by atoms with Crippen LogP contribution in [0.1, 0.15) is 19.4 Å². The minimum atomic E-state index is 0.114. The van der Waals surface area contributed by atoms with Crippen molar-refractivity contribution in [2.75, 3.05) is 5.32 Å². The second kappa shape index (κ2) is 8.14. The first-order valence-corrected chi connectivity index (χ1v) is 7.47. The minimum Gasteiger partial charge on any atom is -0.490 e. The van der Waals surface area contributed by atoms with Crippen LogP contribution in [0.2, 0.25) is 0 Å². The van der Waals surface area contributed by atoms with Crippen LogP contribution in [0.5, 0.6) is 5.75 Å². The van der Waals surface area contributed by atoms with Crippen molar-refractivity contribution in [2.45, 2.75) is 20.0 Å². The van der Waals surface area contributed by atoms with E-state index in [1.165, 1.54) is 0 Å². The second-order valence-corrected chi connectivity index (χ2v) is 5.30. The summed E-state index contributed by atoms with van der Waals surface area (Å²) in [6, 6.07) is 17.4. The first kappa shape index (κ1) is 16.0. The number of nitrogens with zero attached hydrogens (tertiary/aromatic N) is 1. The number of rotatable bonds is 5. The Hall–Kier alpha value is -2.40. The summed E-state index contributed by atoms with van der Waals surface area (Å²) in [5.74, 6) is 0.796. The van der Waals surface area contributed by atoms with Gasteiger partial charge in [-0.15, -0.1) is 0 Å². The first-order chi connectivity index (χ1) is 10.6. The lowest BCUT2D eigenvalue weighted by molar-refractivity contribution is 0.242. The van der Waals surface area contributed by atoms with Gasteiger partial charge in [-0.2, -0.15) is 5.10 Å². The van der Waals surface area contributed by atoms with Crippen molar-refractivity contribution in [1.29, 1.82) is 0 Å². The van der Waals surface area contributed by atoms with Crippen molar-refractivity contribution in [3.8, 4) is 5.75 Å². The molecule has 22 heavy (non-hydrogen) atoms. The molecule has 2 rings (SSSR count). The molecule has 2 aromatic rings. The highest BCUT2D eigenvalue weighted by molar-refractivity contribution is 7.80. The number of anilines is 1. The molecule has 0 atom stereocenters. The zero-order chi connectivity index (χ0) is 15.8. The van der Waals surface area contributed by atoms with E-state index in [1.807, 2.05) is 68.4 Å². The third-order valence-corrected chi connectivity index (χ3v) is 2.88. The van der Waals surface area contributed by atoms with Gasteiger partial charge in [0.05, 0.1) is 12.3 Å². The van der Waals surface area contributed by atoms with Crippen molar-refractivity contribution in [2.24, 2.45) is 5.10 Å². The summed E-state index contributed by atoms with van der Waals surface area (Å²) in [6.07, 6.45) is 1.81. The first-order valence-electron chi connectivity index (χ1n) is 7.06. The van der Waals surface area contributed by atoms with Crippen molar-refractivity contribution in [3.63, 3.8) is 0 Å². The number of thiocarbonyl (C=S) groups is 1. The summed E-state index contributed by atoms with van der Waals surface area (Å²) < 4.78 is 5.73. The van der Waals surface area contributed by atoms with Crippen LogP contribution >= 0.6 is 12.2 Å². The van der Waals surface area contributed by atoms with E-state index in [0.29, 0.717) is 5.11 Å². The number of benzene rings is 2. The molecule has 0 amide bonds. The van der Waals surface area contributed by atoms with Gasteiger partial charge in [0.15, 0.2) is 5.11 Å². The van der Waals surface area contributed by atoms with Crippen LogP contribution in [0.4, 0.5) is 5.69 Å². The molecular weight excluding hydrogens is 294 g/mol. The summed E-state index contributed by atoms with van der Waals surface area (Å²) in [5, 5.41) is 7.63. The van der Waals surface area contributed by atoms with Gasteiger partial charge >= 0.3 is 0 Å². The van der Waals surface area contributed by atoms with Crippen molar-refractivity contribution < 1.29 is 4.74 Å². The van der Waals surface area contributed by atoms with Crippen molar-refractivity contribution >= 4 is 29.2 Å². The van der Waals surface area contributed by atoms with Crippen molar-refractivity contribution in [3.05, 3.63) is 60.2 Å². The molecule has 0 saturated heterocycles. The molecule has 0 bridgehead atoms. The van der Waals surface area contributed by atoms with Gasteiger partial charge in [-0.25, -0.2) is 0 Å². The summed E-state index contributed by atoms with van der Waals surface area (Å²) in [4.78, 5) is 0. The number of para-hydroxylation sites is 2. The molecule has 0 radical (unpaired) electrons. The van der Waals surface area contributed by atoms with E-state index in [-0.39, 0.29) is 6.10 Å². The van der Waals surface area contributed by atoms with Crippen LogP contribution in [0.25, 0.3) is 0 Å². The third-order valence-electron chi connectivity index (χ3n) is 2.68. The number of hydrazone groups is 1. The lowest BCUT2D eigenvalue weighted by Crippen LogP contribution is -2.23. The molecular formula is C17H19N3OS. The van der Waals surface area contributed by atoms with Gasteiger partial charge in [-0.3, -0.25) is 5.43 Å². The number of nitrogens with one attached hydrogen (secondary N) is 2. The average molecular weight is 313 g/mol. The van der Waals surface area contributed by atoms with E-state index in [4.69, 9.17) is 17.0 Å². The second-order valence-electron chi connectivity index (χ2n) is 4.89. The van der Waals surface area contributed by atoms with E-state index in [1.54, 1.807) is 6.21 Å². The summed E-state index contributed by atoms with van der Waals surface area (Å²) in [7, 11) is 0. The van der Waals surface area contributed by atoms with E-state index in [2.05, 4.69) is 15.8 Å². The van der Waals surface area contributed by atoms with E-state index < -0.39 is 0 Å². The molecule has 0 unspecified atom stereocenters. The molecule has 0 aliphatic heterocycles. The van der Waals surface area contributed by atoms with Gasteiger partial charge in [-0.1, -0.05) is 30.3 Å². The zero-order valence-corrected chi connectivity index (χ0v) is 13.4. The molecule has 4 nitrogen and oxygen atoms in total. The summed E-state index contributed by atoms with van der Waals surface area (Å²) >= 11 is 5.19. The van der Waals surface area contributed by atoms with Crippen LogP contribution in [0, 0.1) is 0 Å². The fourth-order valence-electron chi connectivity index (χ4n) is 1.79. The van der Waals surface area contributed by atoms with Crippen LogP contribution in [0.15, 0.2) is 59.7 Å². The van der Waals surface area contributed by atoms with E-state index in [0.717, 1.165) is 17.0 Å². The van der Waals surface area contributed by atoms with Crippen LogP contribution < -0.4 is 15.5 Å². The van der Waals surface area contributed by atoms with Crippen LogP contribution in [0.3, 0.4) is 0 Å². The van der Waals surface area contributed by atoms with Gasteiger partial charge in [0.25, 0.3) is 0 Å². The standard InChI is InChI=1S/C17H19N3OS/c1-13(2)21-16-11-7-6-8-14(16)12-18-20-17(22)19-15-9-4-3-5-10-15/h3-13H,1-2H3,(H2,19,20,22)/b18-12+. The quantitative estimate of drug-likeness (QED) is 0.501. The highest BCUT2D eigenvalue weighted by Crippen LogP contribution is 2.17. The van der Waals surface area contributed by atoms with E-state index >= 15 is 0 Å². The van der Waals surface area contributed by atoms with Gasteiger partial charge in [0, 0.05) is 11.3 Å². The van der Waals surface area contributed by atoms with Gasteiger partial charge in [0.1, 0.15) is 5.75 Å². The largest absolute Gasteiger partial charge is 0.490 e. The molecule has 0 aromatic heterocycles. The number of hydrogen-bond donors (Lipinski definition) is 2. The molecule has 0 heterocycles. The smallest absolute Gasteiger partial charge is 0.191 e. The van der Waals surface area contributed by atoms with Crippen LogP contribution in [-0.2, 0) is 0 Å². The minimum absolute atomic E-state index is 0.114. The predicted molar refractivity (Wildman–Crippen MR) is 95.6 cm³/mol. The third kappa shape index (κ3) is 5.18. The molecule has 5 heteroatoms. The summed E-state index contributed by atoms with van der Waals surface area (Å²) in [6.45, 7) is 3.98. The van der Waals surface area contributed by atoms with E-state index in [9.17, 15) is 0 Å². The molecule has 0 fully saturated rings. The predicted octanol–water partition coefficient (Wildman–Crippen LogP) is 3.79. The molecule has 0 saturated carbocycles. The Labute approximate surface area is 136 Å². The Bertz CT molecular complexity index is 641. The topological polar surface area (TPSA) is 45.6 Å². The van der Waals surface area contributed by atoms with Crippen molar-refractivity contribution in [1.82, 2.24) is 5.43 Å². The Morgan fingerprint density at radius 2 is 1.77 bits per heavy atom. The Balaban J connectivity index is 1.93. The molecule has 0 aliphatic carbocycles. The maximum Gasteiger partial charge on any atom is 0.191 e. The Morgan fingerprint density at radius 1 is 1.09 bits per heavy atom. The Morgan fingerprint density at radius 3 is 2.50 bits per heavy atom. The highest BCUT2D eigenvalue weighted by Gasteiger charge is 2.02. The monoisotopic (exact) mass is 313 g/mol. The molecule has 2 N–H and O–H groups in total. The Kier molecular flexibility index (Phi) is 5.91. The molecule has 0 aliphatic rings. The maximum absolute atomic E-state index is 5.73. The highest BCUT2D eigenvalue weighted by atomic mass is 32.1. The molecule has 2 aromatic carbocycles. The summed E-state index contributed by atoms with van der Waals surface area (Å²) in [5.41, 5.74) is 4.60. The lowest BCUT2D eigenvalue weighted by atomic mass is 10.2. The maximum atomic E-state index is 5.73.